The maximum atomic E-state index is 12.4. The van der Waals surface area contributed by atoms with E-state index in [0.29, 0.717) is 5.57 Å². The van der Waals surface area contributed by atoms with Gasteiger partial charge in [0.15, 0.2) is 0 Å². The molecule has 1 aliphatic heterocycles. The average molecular weight is 329 g/mol. The number of aryl methyl sites for hydroxylation is 2. The number of nitrogens with one attached hydrogen (secondary N) is 3. The number of carbonyl (C=O) groups excluding carboxylic acids is 2. The summed E-state index contributed by atoms with van der Waals surface area (Å²) in [4.78, 5) is 24.6. The average Bonchev–Trinajstić information content (AvgIpc) is 2.68. The Morgan fingerprint density at radius 2 is 1.67 bits per heavy atom. The number of hydrogen-bond donors (Lipinski definition) is 3. The van der Waals surface area contributed by atoms with Crippen molar-refractivity contribution in [2.75, 3.05) is 11.9 Å². The van der Waals surface area contributed by atoms with Gasteiger partial charge >= 0.3 is 0 Å². The molecule has 2 rings (SSSR count). The van der Waals surface area contributed by atoms with E-state index in [9.17, 15) is 9.59 Å². The van der Waals surface area contributed by atoms with E-state index in [4.69, 9.17) is 0 Å². The van der Waals surface area contributed by atoms with Gasteiger partial charge in [-0.1, -0.05) is 24.3 Å². The van der Waals surface area contributed by atoms with Crippen molar-refractivity contribution in [1.82, 2.24) is 10.6 Å². The topological polar surface area (TPSA) is 70.2 Å². The molecule has 1 aromatic rings. The van der Waals surface area contributed by atoms with E-state index in [1.165, 1.54) is 0 Å². The fraction of sp³-hybridized carbons (Fsp3) is 0.474. The van der Waals surface area contributed by atoms with E-state index in [1.54, 1.807) is 0 Å². The van der Waals surface area contributed by atoms with Crippen molar-refractivity contribution in [1.29, 1.82) is 0 Å². The monoisotopic (exact) mass is 329 g/mol. The fourth-order valence-corrected chi connectivity index (χ4v) is 3.25. The van der Waals surface area contributed by atoms with Crippen LogP contribution in [-0.2, 0) is 9.59 Å². The van der Waals surface area contributed by atoms with Gasteiger partial charge in [0.05, 0.1) is 6.54 Å². The van der Waals surface area contributed by atoms with Gasteiger partial charge in [-0.25, -0.2) is 0 Å². The smallest absolute Gasteiger partial charge is 0.249 e. The number of hydrogen-bond acceptors (Lipinski definition) is 3. The molecule has 0 saturated heterocycles. The van der Waals surface area contributed by atoms with Crippen LogP contribution in [0.1, 0.15) is 38.8 Å². The highest BCUT2D eigenvalue weighted by Crippen LogP contribution is 2.29. The lowest BCUT2D eigenvalue weighted by Crippen LogP contribution is -2.48. The Bertz CT molecular complexity index is 682. The number of amides is 2. The SMILES string of the molecule is Cc1cccc(C)c1NC(=O)CNC(=O)C1=CC(C)(C)NC1(C)C. The van der Waals surface area contributed by atoms with Crippen LogP contribution in [0.25, 0.3) is 0 Å². The molecular weight excluding hydrogens is 302 g/mol. The number of para-hydroxylation sites is 1. The Kier molecular flexibility index (Phi) is 4.85. The number of benzene rings is 1. The minimum Gasteiger partial charge on any atom is -0.343 e. The van der Waals surface area contributed by atoms with Crippen molar-refractivity contribution >= 4 is 17.5 Å². The molecule has 0 atom stereocenters. The van der Waals surface area contributed by atoms with Gasteiger partial charge in [-0.3, -0.25) is 14.9 Å². The second kappa shape index (κ2) is 6.40. The predicted molar refractivity (Wildman–Crippen MR) is 96.9 cm³/mol. The molecule has 1 aromatic carbocycles. The van der Waals surface area contributed by atoms with E-state index in [1.807, 2.05) is 65.8 Å². The maximum absolute atomic E-state index is 12.4. The molecular formula is C19H27N3O2. The molecule has 0 bridgehead atoms. The molecule has 5 heteroatoms. The Morgan fingerprint density at radius 3 is 2.17 bits per heavy atom. The van der Waals surface area contributed by atoms with Crippen LogP contribution < -0.4 is 16.0 Å². The third kappa shape index (κ3) is 4.03. The number of anilines is 1. The summed E-state index contributed by atoms with van der Waals surface area (Å²) in [6.45, 7) is 11.8. The van der Waals surface area contributed by atoms with Crippen molar-refractivity contribution in [3.8, 4) is 0 Å². The van der Waals surface area contributed by atoms with Crippen LogP contribution in [0.4, 0.5) is 5.69 Å². The van der Waals surface area contributed by atoms with E-state index in [0.717, 1.165) is 16.8 Å². The van der Waals surface area contributed by atoms with Crippen LogP contribution in [0.5, 0.6) is 0 Å². The van der Waals surface area contributed by atoms with Gasteiger partial charge in [-0.05, 0) is 52.7 Å². The second-order valence-corrected chi connectivity index (χ2v) is 7.53. The third-order valence-electron chi connectivity index (χ3n) is 4.21. The summed E-state index contributed by atoms with van der Waals surface area (Å²) in [5.41, 5.74) is 2.81. The van der Waals surface area contributed by atoms with Crippen LogP contribution in [0.3, 0.4) is 0 Å². The van der Waals surface area contributed by atoms with Crippen LogP contribution in [0, 0.1) is 13.8 Å². The summed E-state index contributed by atoms with van der Waals surface area (Å²) in [6, 6.07) is 5.84. The van der Waals surface area contributed by atoms with Gasteiger partial charge in [-0.2, -0.15) is 0 Å². The molecule has 0 aliphatic carbocycles. The van der Waals surface area contributed by atoms with Crippen molar-refractivity contribution in [3.05, 3.63) is 41.0 Å². The van der Waals surface area contributed by atoms with E-state index >= 15 is 0 Å². The molecule has 3 N–H and O–H groups in total. The lowest BCUT2D eigenvalue weighted by atomic mass is 9.96. The number of carbonyl (C=O) groups is 2. The fourth-order valence-electron chi connectivity index (χ4n) is 3.25. The standard InChI is InChI=1S/C19H27N3O2/c1-12-8-7-9-13(2)16(12)21-15(23)11-20-17(24)14-10-18(3,4)22-19(14,5)6/h7-10,22H,11H2,1-6H3,(H,20,24)(H,21,23). The zero-order valence-electron chi connectivity index (χ0n) is 15.3. The molecule has 0 radical (unpaired) electrons. The van der Waals surface area contributed by atoms with Crippen LogP contribution >= 0.6 is 0 Å². The quantitative estimate of drug-likeness (QED) is 0.794. The summed E-state index contributed by atoms with van der Waals surface area (Å²) in [5.74, 6) is -0.445. The van der Waals surface area contributed by atoms with E-state index < -0.39 is 5.54 Å². The molecule has 0 saturated carbocycles. The van der Waals surface area contributed by atoms with Crippen molar-refractivity contribution in [2.24, 2.45) is 0 Å². The highest BCUT2D eigenvalue weighted by atomic mass is 16.2. The van der Waals surface area contributed by atoms with Crippen LogP contribution in [-0.4, -0.2) is 29.4 Å². The predicted octanol–water partition coefficient (Wildman–Crippen LogP) is 2.44. The summed E-state index contributed by atoms with van der Waals surface area (Å²) in [6.07, 6.45) is 1.92. The van der Waals surface area contributed by atoms with Crippen molar-refractivity contribution < 1.29 is 9.59 Å². The zero-order valence-corrected chi connectivity index (χ0v) is 15.3. The van der Waals surface area contributed by atoms with Gasteiger partial charge in [-0.15, -0.1) is 0 Å². The first kappa shape index (κ1) is 18.2. The molecule has 0 spiro atoms. The van der Waals surface area contributed by atoms with Crippen LogP contribution in [0.2, 0.25) is 0 Å². The molecule has 24 heavy (non-hydrogen) atoms. The first-order valence-corrected chi connectivity index (χ1v) is 8.19. The molecule has 1 heterocycles. The molecule has 0 aromatic heterocycles. The lowest BCUT2D eigenvalue weighted by Gasteiger charge is -2.27. The maximum Gasteiger partial charge on any atom is 0.249 e. The highest BCUT2D eigenvalue weighted by Gasteiger charge is 2.40. The normalized spacial score (nSPS) is 18.0. The van der Waals surface area contributed by atoms with Gasteiger partial charge in [0.25, 0.3) is 0 Å². The molecule has 130 valence electrons. The number of rotatable bonds is 4. The second-order valence-electron chi connectivity index (χ2n) is 7.53. The van der Waals surface area contributed by atoms with Crippen molar-refractivity contribution in [3.63, 3.8) is 0 Å². The molecule has 2 amide bonds. The Balaban J connectivity index is 1.98. The summed E-state index contributed by atoms with van der Waals surface area (Å²) < 4.78 is 0. The minimum absolute atomic E-state index is 0.0551. The molecule has 1 aliphatic rings. The van der Waals surface area contributed by atoms with Gasteiger partial charge in [0.2, 0.25) is 11.8 Å². The zero-order chi connectivity index (χ0) is 18.1. The summed E-state index contributed by atoms with van der Waals surface area (Å²) >= 11 is 0. The first-order chi connectivity index (χ1) is 11.0. The van der Waals surface area contributed by atoms with Crippen molar-refractivity contribution in [2.45, 2.75) is 52.6 Å². The molecule has 5 nitrogen and oxygen atoms in total. The Hall–Kier alpha value is -2.14. The van der Waals surface area contributed by atoms with E-state index in [-0.39, 0.29) is 23.9 Å². The van der Waals surface area contributed by atoms with Crippen LogP contribution in [0.15, 0.2) is 29.8 Å². The summed E-state index contributed by atoms with van der Waals surface area (Å²) in [5, 5.41) is 8.98. The lowest BCUT2D eigenvalue weighted by molar-refractivity contribution is -0.122. The highest BCUT2D eigenvalue weighted by molar-refractivity contribution is 6.01. The largest absolute Gasteiger partial charge is 0.343 e. The first-order valence-electron chi connectivity index (χ1n) is 8.19. The third-order valence-corrected chi connectivity index (χ3v) is 4.21. The summed E-state index contributed by atoms with van der Waals surface area (Å²) in [7, 11) is 0. The van der Waals surface area contributed by atoms with E-state index in [2.05, 4.69) is 16.0 Å². The van der Waals surface area contributed by atoms with Gasteiger partial charge in [0.1, 0.15) is 0 Å². The molecule has 0 unspecified atom stereocenters. The van der Waals surface area contributed by atoms with Gasteiger partial charge < -0.3 is 10.6 Å². The minimum atomic E-state index is -0.420. The Morgan fingerprint density at radius 1 is 1.08 bits per heavy atom. The molecule has 0 fully saturated rings. The Labute approximate surface area is 143 Å². The van der Waals surface area contributed by atoms with Gasteiger partial charge in [0, 0.05) is 22.3 Å².